The number of hydrogen-bond acceptors (Lipinski definition) is 3. The molecular weight excluding hydrogens is 518 g/mol. The van der Waals surface area contributed by atoms with Crippen LogP contribution >= 0.6 is 0 Å². The molecule has 1 unspecified atom stereocenters. The minimum absolute atomic E-state index is 0.0638. The van der Waals surface area contributed by atoms with Gasteiger partial charge in [-0.1, -0.05) is 50.6 Å². The molecule has 2 amide bonds. The van der Waals surface area contributed by atoms with E-state index in [2.05, 4.69) is 15.6 Å². The van der Waals surface area contributed by atoms with Crippen molar-refractivity contribution >= 4 is 28.7 Å². The van der Waals surface area contributed by atoms with Crippen LogP contribution < -0.4 is 10.6 Å². The van der Waals surface area contributed by atoms with E-state index in [0.717, 1.165) is 6.07 Å². The zero-order chi connectivity index (χ0) is 28.5. The highest BCUT2D eigenvalue weighted by Crippen LogP contribution is 2.40. The first-order chi connectivity index (χ1) is 18.4. The number of carboxylic acid groups (broad SMARTS) is 1. The molecule has 4 rings (SSSR count). The largest absolute Gasteiger partial charge is 0.479 e. The molecule has 7 nitrogen and oxygen atoms in total. The number of carbonyl (C=O) groups excluding carboxylic acids is 2. The summed E-state index contributed by atoms with van der Waals surface area (Å²) in [5.74, 6) is -3.61. The minimum atomic E-state index is -4.60. The summed E-state index contributed by atoms with van der Waals surface area (Å²) in [5.41, 5.74) is -1.74. The highest BCUT2D eigenvalue weighted by Gasteiger charge is 2.46. The Morgan fingerprint density at radius 2 is 1.85 bits per heavy atom. The zero-order valence-corrected chi connectivity index (χ0v) is 21.4. The molecule has 2 aromatic carbocycles. The Hall–Kier alpha value is -3.89. The summed E-state index contributed by atoms with van der Waals surface area (Å²) < 4.78 is 54.7. The molecule has 0 aliphatic heterocycles. The number of aryl methyl sites for hydroxylation is 1. The molecule has 39 heavy (non-hydrogen) atoms. The third-order valence-electron chi connectivity index (χ3n) is 7.51. The van der Waals surface area contributed by atoms with Crippen LogP contribution in [0.1, 0.15) is 49.1 Å². The van der Waals surface area contributed by atoms with Crippen molar-refractivity contribution in [3.8, 4) is 0 Å². The fourth-order valence-corrected chi connectivity index (χ4v) is 5.10. The quantitative estimate of drug-likeness (QED) is 0.311. The van der Waals surface area contributed by atoms with E-state index in [0.29, 0.717) is 17.7 Å². The Kier molecular flexibility index (Phi) is 7.72. The van der Waals surface area contributed by atoms with Crippen LogP contribution in [0.25, 0.3) is 10.9 Å². The molecule has 1 aromatic heterocycles. The Labute approximate surface area is 222 Å². The molecule has 3 atom stereocenters. The summed E-state index contributed by atoms with van der Waals surface area (Å²) in [7, 11) is 0. The van der Waals surface area contributed by atoms with Crippen molar-refractivity contribution in [3.05, 3.63) is 70.7 Å². The summed E-state index contributed by atoms with van der Waals surface area (Å²) in [5, 5.41) is 15.7. The zero-order valence-electron chi connectivity index (χ0n) is 21.4. The predicted molar refractivity (Wildman–Crippen MR) is 135 cm³/mol. The number of carboxylic acids is 1. The molecule has 0 bridgehead atoms. The smallest absolute Gasteiger partial charge is 0.418 e. The van der Waals surface area contributed by atoms with Gasteiger partial charge in [-0.25, -0.2) is 9.18 Å². The molecule has 1 aliphatic carbocycles. The molecular formula is C28H29F4N3O4. The van der Waals surface area contributed by atoms with Gasteiger partial charge < -0.3 is 20.7 Å². The van der Waals surface area contributed by atoms with Crippen LogP contribution in [0, 0.1) is 11.7 Å². The first-order valence-electron chi connectivity index (χ1n) is 12.6. The Bertz CT molecular complexity index is 1420. The van der Waals surface area contributed by atoms with Crippen LogP contribution in [-0.4, -0.2) is 39.5 Å². The molecule has 208 valence electrons. The standard InChI is InChI=1S/C28H29F4N3O4/c1-3-15(2)23(34-22(36)13-16-7-4-5-10-20(16)29)25(37)35-27(26(38)39)12-11-21-18(14-27)17-8-6-9-19(24(17)33-21)28(30,31)32/h4-10,15,23,33H,3,11-14H2,1-2H3,(H,34,36)(H,35,37)(H,38,39)/t15?,23-,27+/m0/s1. The number of fused-ring (bicyclic) bond motifs is 3. The maximum atomic E-state index is 14.0. The number of aliphatic carboxylic acids is 1. The maximum absolute atomic E-state index is 14.0. The first-order valence-corrected chi connectivity index (χ1v) is 12.6. The number of aromatic amines is 1. The van der Waals surface area contributed by atoms with Gasteiger partial charge in [0.25, 0.3) is 0 Å². The molecule has 0 spiro atoms. The van der Waals surface area contributed by atoms with E-state index in [9.17, 15) is 37.1 Å². The van der Waals surface area contributed by atoms with Crippen molar-refractivity contribution in [3.63, 3.8) is 0 Å². The lowest BCUT2D eigenvalue weighted by atomic mass is 9.79. The number of carbonyl (C=O) groups is 3. The molecule has 11 heteroatoms. The number of hydrogen-bond donors (Lipinski definition) is 4. The Morgan fingerprint density at radius 1 is 1.13 bits per heavy atom. The SMILES string of the molecule is CCC(C)[C@H](NC(=O)Cc1ccccc1F)C(=O)N[C@]1(C(=O)O)CCc2[nH]c3c(C(F)(F)F)cccc3c2C1. The number of alkyl halides is 3. The minimum Gasteiger partial charge on any atom is -0.479 e. The van der Waals surface area contributed by atoms with E-state index >= 15 is 0 Å². The van der Waals surface area contributed by atoms with Crippen LogP contribution in [0.4, 0.5) is 17.6 Å². The summed E-state index contributed by atoms with van der Waals surface area (Å²) in [6.07, 6.45) is -4.63. The van der Waals surface area contributed by atoms with E-state index in [1.807, 2.05) is 0 Å². The molecule has 1 heterocycles. The number of nitrogens with one attached hydrogen (secondary N) is 3. The van der Waals surface area contributed by atoms with Crippen LogP contribution in [0.15, 0.2) is 42.5 Å². The molecule has 0 fully saturated rings. The summed E-state index contributed by atoms with van der Waals surface area (Å²) >= 11 is 0. The van der Waals surface area contributed by atoms with Crippen molar-refractivity contribution in [2.24, 2.45) is 5.92 Å². The fourth-order valence-electron chi connectivity index (χ4n) is 5.10. The predicted octanol–water partition coefficient (Wildman–Crippen LogP) is 4.53. The molecule has 3 aromatic rings. The third-order valence-corrected chi connectivity index (χ3v) is 7.51. The monoisotopic (exact) mass is 547 g/mol. The second-order valence-electron chi connectivity index (χ2n) is 10.1. The van der Waals surface area contributed by atoms with Gasteiger partial charge >= 0.3 is 12.1 Å². The average Bonchev–Trinajstić information content (AvgIpc) is 3.25. The summed E-state index contributed by atoms with van der Waals surface area (Å²) in [4.78, 5) is 41.5. The Balaban J connectivity index is 1.60. The van der Waals surface area contributed by atoms with Crippen molar-refractivity contribution < 1.29 is 37.1 Å². The molecule has 1 aliphatic rings. The van der Waals surface area contributed by atoms with Crippen molar-refractivity contribution in [2.75, 3.05) is 0 Å². The van der Waals surface area contributed by atoms with Crippen LogP contribution in [-0.2, 0) is 39.8 Å². The van der Waals surface area contributed by atoms with E-state index in [-0.39, 0.29) is 48.1 Å². The number of rotatable bonds is 8. The van der Waals surface area contributed by atoms with Gasteiger partial charge in [-0.05, 0) is 42.0 Å². The maximum Gasteiger partial charge on any atom is 0.418 e. The van der Waals surface area contributed by atoms with Gasteiger partial charge in [-0.15, -0.1) is 0 Å². The molecule has 0 saturated carbocycles. The van der Waals surface area contributed by atoms with E-state index < -0.39 is 46.9 Å². The second-order valence-corrected chi connectivity index (χ2v) is 10.1. The number of H-pyrrole nitrogens is 1. The fraction of sp³-hybridized carbons (Fsp3) is 0.393. The topological polar surface area (TPSA) is 111 Å². The number of aromatic nitrogens is 1. The van der Waals surface area contributed by atoms with Gasteiger partial charge in [0.1, 0.15) is 17.4 Å². The molecule has 4 N–H and O–H groups in total. The highest BCUT2D eigenvalue weighted by atomic mass is 19.4. The van der Waals surface area contributed by atoms with Gasteiger partial charge in [0.15, 0.2) is 0 Å². The van der Waals surface area contributed by atoms with Crippen molar-refractivity contribution in [1.82, 2.24) is 15.6 Å². The average molecular weight is 548 g/mol. The van der Waals surface area contributed by atoms with Crippen molar-refractivity contribution in [1.29, 1.82) is 0 Å². The van der Waals surface area contributed by atoms with Gasteiger partial charge in [-0.2, -0.15) is 13.2 Å². The van der Waals surface area contributed by atoms with E-state index in [4.69, 9.17) is 0 Å². The van der Waals surface area contributed by atoms with Crippen LogP contribution in [0.3, 0.4) is 0 Å². The summed E-state index contributed by atoms with van der Waals surface area (Å²) in [6, 6.07) is 8.36. The first kappa shape index (κ1) is 28.1. The van der Waals surface area contributed by atoms with Gasteiger partial charge in [0.2, 0.25) is 11.8 Å². The lowest BCUT2D eigenvalue weighted by Gasteiger charge is -2.36. The van der Waals surface area contributed by atoms with Crippen LogP contribution in [0.2, 0.25) is 0 Å². The summed E-state index contributed by atoms with van der Waals surface area (Å²) in [6.45, 7) is 3.52. The van der Waals surface area contributed by atoms with Crippen molar-refractivity contribution in [2.45, 2.75) is 63.7 Å². The lowest BCUT2D eigenvalue weighted by molar-refractivity contribution is -0.149. The highest BCUT2D eigenvalue weighted by molar-refractivity contribution is 5.95. The number of amides is 2. The normalized spacial score (nSPS) is 18.7. The lowest BCUT2D eigenvalue weighted by Crippen LogP contribution is -2.62. The third kappa shape index (κ3) is 5.62. The van der Waals surface area contributed by atoms with Gasteiger partial charge in [-0.3, -0.25) is 9.59 Å². The van der Waals surface area contributed by atoms with Gasteiger partial charge in [0, 0.05) is 17.5 Å². The van der Waals surface area contributed by atoms with Crippen LogP contribution in [0.5, 0.6) is 0 Å². The van der Waals surface area contributed by atoms with Gasteiger partial charge in [0.05, 0.1) is 17.5 Å². The molecule has 0 radical (unpaired) electrons. The number of para-hydroxylation sites is 1. The molecule has 0 saturated heterocycles. The number of benzene rings is 2. The Morgan fingerprint density at radius 3 is 2.49 bits per heavy atom. The van der Waals surface area contributed by atoms with E-state index in [1.54, 1.807) is 19.9 Å². The second kappa shape index (κ2) is 10.7. The number of halogens is 4. The van der Waals surface area contributed by atoms with E-state index in [1.165, 1.54) is 30.3 Å².